The van der Waals surface area contributed by atoms with E-state index in [2.05, 4.69) is 18.3 Å². The lowest BCUT2D eigenvalue weighted by Crippen LogP contribution is -2.45. The van der Waals surface area contributed by atoms with E-state index >= 15 is 0 Å². The zero-order chi connectivity index (χ0) is 18.5. The molecule has 1 aliphatic heterocycles. The SMILES string of the molecule is Cc1cccc(NC(=O)C2(C(=O)N3c4ccccc4CC3C)CC2)c1C. The highest BCUT2D eigenvalue weighted by Crippen LogP contribution is 2.50. The van der Waals surface area contributed by atoms with Gasteiger partial charge in [0, 0.05) is 17.4 Å². The summed E-state index contributed by atoms with van der Waals surface area (Å²) < 4.78 is 0. The third-order valence-electron chi connectivity index (χ3n) is 5.87. The van der Waals surface area contributed by atoms with Crippen LogP contribution in [-0.2, 0) is 16.0 Å². The average molecular weight is 348 g/mol. The molecule has 0 spiro atoms. The smallest absolute Gasteiger partial charge is 0.242 e. The van der Waals surface area contributed by atoms with E-state index in [1.165, 1.54) is 5.56 Å². The quantitative estimate of drug-likeness (QED) is 0.853. The molecule has 26 heavy (non-hydrogen) atoms. The number of carbonyl (C=O) groups excluding carboxylic acids is 2. The molecule has 0 aromatic heterocycles. The first-order chi connectivity index (χ1) is 12.4. The van der Waals surface area contributed by atoms with Crippen molar-refractivity contribution in [2.45, 2.75) is 46.1 Å². The number of carbonyl (C=O) groups is 2. The molecule has 4 rings (SSSR count). The number of rotatable bonds is 3. The fourth-order valence-corrected chi connectivity index (χ4v) is 3.90. The van der Waals surface area contributed by atoms with Crippen LogP contribution in [0.1, 0.15) is 36.5 Å². The minimum atomic E-state index is -0.915. The minimum absolute atomic E-state index is 0.0576. The fraction of sp³-hybridized carbons (Fsp3) is 0.364. The van der Waals surface area contributed by atoms with Gasteiger partial charge in [-0.3, -0.25) is 9.59 Å². The van der Waals surface area contributed by atoms with Gasteiger partial charge in [-0.25, -0.2) is 0 Å². The molecule has 2 aromatic rings. The summed E-state index contributed by atoms with van der Waals surface area (Å²) in [5.74, 6) is -0.231. The molecular weight excluding hydrogens is 324 g/mol. The van der Waals surface area contributed by atoms with E-state index in [0.717, 1.165) is 28.9 Å². The molecule has 2 aliphatic rings. The van der Waals surface area contributed by atoms with Gasteiger partial charge < -0.3 is 10.2 Å². The van der Waals surface area contributed by atoms with Gasteiger partial charge in [0.1, 0.15) is 5.41 Å². The molecule has 4 nitrogen and oxygen atoms in total. The number of nitrogens with zero attached hydrogens (tertiary/aromatic N) is 1. The Morgan fingerprint density at radius 1 is 1.08 bits per heavy atom. The third-order valence-corrected chi connectivity index (χ3v) is 5.87. The van der Waals surface area contributed by atoms with Crippen molar-refractivity contribution >= 4 is 23.2 Å². The molecule has 1 saturated carbocycles. The molecule has 2 aromatic carbocycles. The van der Waals surface area contributed by atoms with Crippen LogP contribution in [0.5, 0.6) is 0 Å². The van der Waals surface area contributed by atoms with E-state index in [9.17, 15) is 9.59 Å². The predicted molar refractivity (Wildman–Crippen MR) is 103 cm³/mol. The molecule has 0 saturated heterocycles. The Labute approximate surface area is 154 Å². The highest BCUT2D eigenvalue weighted by atomic mass is 16.2. The van der Waals surface area contributed by atoms with E-state index in [-0.39, 0.29) is 17.9 Å². The van der Waals surface area contributed by atoms with Crippen LogP contribution in [0.3, 0.4) is 0 Å². The Balaban J connectivity index is 1.60. The number of hydrogen-bond donors (Lipinski definition) is 1. The molecule has 1 fully saturated rings. The van der Waals surface area contributed by atoms with Crippen LogP contribution >= 0.6 is 0 Å². The third kappa shape index (κ3) is 2.52. The molecule has 4 heteroatoms. The minimum Gasteiger partial charge on any atom is -0.325 e. The summed E-state index contributed by atoms with van der Waals surface area (Å²) in [6, 6.07) is 13.9. The van der Waals surface area contributed by atoms with Crippen molar-refractivity contribution in [2.24, 2.45) is 5.41 Å². The highest BCUT2D eigenvalue weighted by molar-refractivity contribution is 6.18. The Bertz CT molecular complexity index is 899. The topological polar surface area (TPSA) is 49.4 Å². The number of para-hydroxylation sites is 1. The molecule has 1 aliphatic carbocycles. The van der Waals surface area contributed by atoms with Gasteiger partial charge in [0.15, 0.2) is 0 Å². The lowest BCUT2D eigenvalue weighted by molar-refractivity contribution is -0.132. The summed E-state index contributed by atoms with van der Waals surface area (Å²) in [5, 5.41) is 3.01. The van der Waals surface area contributed by atoms with Crippen molar-refractivity contribution in [1.29, 1.82) is 0 Å². The van der Waals surface area contributed by atoms with Crippen LogP contribution < -0.4 is 10.2 Å². The van der Waals surface area contributed by atoms with Crippen LogP contribution in [0.25, 0.3) is 0 Å². The molecule has 134 valence electrons. The summed E-state index contributed by atoms with van der Waals surface area (Å²) in [4.78, 5) is 28.2. The Hall–Kier alpha value is -2.62. The standard InChI is InChI=1S/C22H24N2O2/c1-14-7-6-9-18(16(14)3)23-20(25)22(11-12-22)21(26)24-15(2)13-17-8-4-5-10-19(17)24/h4-10,15H,11-13H2,1-3H3,(H,23,25). The summed E-state index contributed by atoms with van der Waals surface area (Å²) in [5.41, 5.74) is 4.19. The van der Waals surface area contributed by atoms with Crippen LogP contribution in [0, 0.1) is 19.3 Å². The van der Waals surface area contributed by atoms with Gasteiger partial charge in [-0.1, -0.05) is 30.3 Å². The zero-order valence-corrected chi connectivity index (χ0v) is 15.5. The van der Waals surface area contributed by atoms with Crippen molar-refractivity contribution in [3.8, 4) is 0 Å². The largest absolute Gasteiger partial charge is 0.325 e. The maximum Gasteiger partial charge on any atom is 0.242 e. The fourth-order valence-electron chi connectivity index (χ4n) is 3.90. The van der Waals surface area contributed by atoms with Gasteiger partial charge in [-0.15, -0.1) is 0 Å². The molecule has 0 radical (unpaired) electrons. The Morgan fingerprint density at radius 2 is 1.81 bits per heavy atom. The molecule has 1 heterocycles. The monoisotopic (exact) mass is 348 g/mol. The van der Waals surface area contributed by atoms with Crippen molar-refractivity contribution in [3.63, 3.8) is 0 Å². The van der Waals surface area contributed by atoms with Crippen molar-refractivity contribution < 1.29 is 9.59 Å². The number of anilines is 2. The average Bonchev–Trinajstić information content (AvgIpc) is 3.36. The van der Waals surface area contributed by atoms with Gasteiger partial charge in [0.2, 0.25) is 11.8 Å². The number of benzene rings is 2. The van der Waals surface area contributed by atoms with E-state index < -0.39 is 5.41 Å². The van der Waals surface area contributed by atoms with E-state index in [1.54, 1.807) is 0 Å². The van der Waals surface area contributed by atoms with E-state index in [1.807, 2.05) is 55.1 Å². The van der Waals surface area contributed by atoms with E-state index in [4.69, 9.17) is 0 Å². The maximum atomic E-state index is 13.4. The van der Waals surface area contributed by atoms with Gasteiger partial charge in [0.05, 0.1) is 0 Å². The first kappa shape index (κ1) is 16.8. The van der Waals surface area contributed by atoms with Crippen LogP contribution in [0.2, 0.25) is 0 Å². The summed E-state index contributed by atoms with van der Waals surface area (Å²) in [6.45, 7) is 6.06. The summed E-state index contributed by atoms with van der Waals surface area (Å²) >= 11 is 0. The molecule has 1 unspecified atom stereocenters. The van der Waals surface area contributed by atoms with Crippen LogP contribution in [0.4, 0.5) is 11.4 Å². The molecule has 1 N–H and O–H groups in total. The lowest BCUT2D eigenvalue weighted by Gasteiger charge is -2.27. The molecule has 0 bridgehead atoms. The summed E-state index contributed by atoms with van der Waals surface area (Å²) in [7, 11) is 0. The van der Waals surface area contributed by atoms with Gasteiger partial charge in [-0.2, -0.15) is 0 Å². The van der Waals surface area contributed by atoms with E-state index in [0.29, 0.717) is 12.8 Å². The number of amides is 2. The number of fused-ring (bicyclic) bond motifs is 1. The first-order valence-corrected chi connectivity index (χ1v) is 9.23. The van der Waals surface area contributed by atoms with Crippen molar-refractivity contribution in [1.82, 2.24) is 0 Å². The van der Waals surface area contributed by atoms with Gasteiger partial charge in [0.25, 0.3) is 0 Å². The summed E-state index contributed by atoms with van der Waals surface area (Å²) in [6.07, 6.45) is 2.08. The van der Waals surface area contributed by atoms with Gasteiger partial charge >= 0.3 is 0 Å². The second-order valence-electron chi connectivity index (χ2n) is 7.64. The molecular formula is C22H24N2O2. The number of nitrogens with one attached hydrogen (secondary N) is 1. The highest BCUT2D eigenvalue weighted by Gasteiger charge is 2.59. The van der Waals surface area contributed by atoms with Crippen molar-refractivity contribution in [3.05, 3.63) is 59.2 Å². The maximum absolute atomic E-state index is 13.4. The first-order valence-electron chi connectivity index (χ1n) is 9.23. The normalized spacial score (nSPS) is 19.8. The Kier molecular flexibility index (Phi) is 3.87. The second kappa shape index (κ2) is 5.97. The molecule has 2 amide bonds. The van der Waals surface area contributed by atoms with Crippen LogP contribution in [0.15, 0.2) is 42.5 Å². The van der Waals surface area contributed by atoms with Crippen molar-refractivity contribution in [2.75, 3.05) is 10.2 Å². The second-order valence-corrected chi connectivity index (χ2v) is 7.64. The van der Waals surface area contributed by atoms with Crippen LogP contribution in [-0.4, -0.2) is 17.9 Å². The number of hydrogen-bond acceptors (Lipinski definition) is 2. The Morgan fingerprint density at radius 3 is 2.54 bits per heavy atom. The lowest BCUT2D eigenvalue weighted by atomic mass is 10.0. The van der Waals surface area contributed by atoms with Gasteiger partial charge in [-0.05, 0) is 68.9 Å². The predicted octanol–water partition coefficient (Wildman–Crippen LogP) is 4.00. The zero-order valence-electron chi connectivity index (χ0n) is 15.5. The molecule has 1 atom stereocenters. The number of aryl methyl sites for hydroxylation is 1.